The molecule has 1 aromatic carbocycles. The largest absolute Gasteiger partial charge is 0.348 e. The third-order valence-electron chi connectivity index (χ3n) is 3.34. The number of aromatic nitrogens is 3. The Bertz CT molecular complexity index is 778. The summed E-state index contributed by atoms with van der Waals surface area (Å²) in [5.41, 5.74) is 3.02. The summed E-state index contributed by atoms with van der Waals surface area (Å²) in [4.78, 5) is 19.8. The number of amides is 1. The van der Waals surface area contributed by atoms with Crippen molar-refractivity contribution in [1.82, 2.24) is 19.9 Å². The van der Waals surface area contributed by atoms with E-state index in [1.165, 1.54) is 6.08 Å². The van der Waals surface area contributed by atoms with E-state index in [0.717, 1.165) is 16.8 Å². The van der Waals surface area contributed by atoms with Gasteiger partial charge in [-0.25, -0.2) is 4.98 Å². The van der Waals surface area contributed by atoms with Crippen LogP contribution in [0.1, 0.15) is 11.1 Å². The second-order valence-electron chi connectivity index (χ2n) is 4.97. The summed E-state index contributed by atoms with van der Waals surface area (Å²) in [6, 6.07) is 11.7. The van der Waals surface area contributed by atoms with Crippen molar-refractivity contribution in [1.29, 1.82) is 0 Å². The number of hydrogen-bond acceptors (Lipinski definition) is 3. The molecule has 1 N–H and O–H groups in total. The van der Waals surface area contributed by atoms with Gasteiger partial charge in [0.1, 0.15) is 0 Å². The molecule has 23 heavy (non-hydrogen) atoms. The number of pyridine rings is 1. The van der Waals surface area contributed by atoms with E-state index in [1.54, 1.807) is 31.0 Å². The zero-order valence-corrected chi connectivity index (χ0v) is 12.5. The molecule has 0 fully saturated rings. The normalized spacial score (nSPS) is 10.8. The van der Waals surface area contributed by atoms with Crippen molar-refractivity contribution in [2.24, 2.45) is 0 Å². The maximum atomic E-state index is 11.8. The molecule has 0 aliphatic rings. The van der Waals surface area contributed by atoms with E-state index < -0.39 is 0 Å². The van der Waals surface area contributed by atoms with Gasteiger partial charge in [0.2, 0.25) is 5.91 Å². The topological polar surface area (TPSA) is 59.8 Å². The van der Waals surface area contributed by atoms with Gasteiger partial charge in [-0.2, -0.15) is 0 Å². The standard InChI is InChI=1S/C18H16N4O/c23-18(6-3-15-7-9-19-10-8-15)21-13-16-1-4-17(5-2-16)22-12-11-20-14-22/h1-12,14H,13H2,(H,21,23). The second-order valence-corrected chi connectivity index (χ2v) is 4.97. The third-order valence-corrected chi connectivity index (χ3v) is 3.34. The third kappa shape index (κ3) is 4.14. The van der Waals surface area contributed by atoms with E-state index in [0.29, 0.717) is 6.54 Å². The molecule has 0 bridgehead atoms. The number of imidazole rings is 1. The summed E-state index contributed by atoms with van der Waals surface area (Å²) in [7, 11) is 0. The summed E-state index contributed by atoms with van der Waals surface area (Å²) in [6.45, 7) is 0.490. The van der Waals surface area contributed by atoms with Crippen LogP contribution in [0.25, 0.3) is 11.8 Å². The summed E-state index contributed by atoms with van der Waals surface area (Å²) in [5, 5.41) is 2.86. The van der Waals surface area contributed by atoms with Crippen LogP contribution < -0.4 is 5.32 Å². The predicted molar refractivity (Wildman–Crippen MR) is 88.7 cm³/mol. The van der Waals surface area contributed by atoms with Gasteiger partial charge in [-0.15, -0.1) is 0 Å². The molecule has 2 aromatic heterocycles. The first kappa shape index (κ1) is 14.7. The number of benzene rings is 1. The number of carbonyl (C=O) groups excluding carboxylic acids is 1. The van der Waals surface area contributed by atoms with Crippen molar-refractivity contribution in [2.75, 3.05) is 0 Å². The second kappa shape index (κ2) is 7.17. The van der Waals surface area contributed by atoms with Crippen LogP contribution in [0, 0.1) is 0 Å². The van der Waals surface area contributed by atoms with Crippen LogP contribution in [0.2, 0.25) is 0 Å². The quantitative estimate of drug-likeness (QED) is 0.737. The lowest BCUT2D eigenvalue weighted by atomic mass is 10.2. The molecule has 0 aliphatic heterocycles. The molecule has 0 atom stereocenters. The van der Waals surface area contributed by atoms with Gasteiger partial charge in [0, 0.05) is 43.1 Å². The van der Waals surface area contributed by atoms with Crippen molar-refractivity contribution in [2.45, 2.75) is 6.54 Å². The first-order chi connectivity index (χ1) is 11.3. The Balaban J connectivity index is 1.54. The average molecular weight is 304 g/mol. The van der Waals surface area contributed by atoms with Gasteiger partial charge in [-0.1, -0.05) is 12.1 Å². The number of hydrogen-bond donors (Lipinski definition) is 1. The minimum absolute atomic E-state index is 0.125. The highest BCUT2D eigenvalue weighted by atomic mass is 16.1. The Morgan fingerprint density at radius 1 is 1.04 bits per heavy atom. The summed E-state index contributed by atoms with van der Waals surface area (Å²) in [6.07, 6.45) is 12.1. The molecule has 0 saturated heterocycles. The monoisotopic (exact) mass is 304 g/mol. The first-order valence-electron chi connectivity index (χ1n) is 7.24. The van der Waals surface area contributed by atoms with Gasteiger partial charge in [0.05, 0.1) is 6.33 Å². The Morgan fingerprint density at radius 3 is 2.52 bits per heavy atom. The van der Waals surface area contributed by atoms with Gasteiger partial charge in [-0.05, 0) is 41.5 Å². The molecule has 5 heteroatoms. The molecular weight excluding hydrogens is 288 g/mol. The zero-order chi connectivity index (χ0) is 15.9. The van der Waals surface area contributed by atoms with E-state index in [4.69, 9.17) is 0 Å². The van der Waals surface area contributed by atoms with Crippen molar-refractivity contribution >= 4 is 12.0 Å². The van der Waals surface area contributed by atoms with Crippen LogP contribution in [-0.2, 0) is 11.3 Å². The van der Waals surface area contributed by atoms with Gasteiger partial charge < -0.3 is 9.88 Å². The van der Waals surface area contributed by atoms with E-state index in [9.17, 15) is 4.79 Å². The van der Waals surface area contributed by atoms with Crippen LogP contribution in [0.3, 0.4) is 0 Å². The number of carbonyl (C=O) groups is 1. The minimum Gasteiger partial charge on any atom is -0.348 e. The molecule has 5 nitrogen and oxygen atoms in total. The smallest absolute Gasteiger partial charge is 0.244 e. The lowest BCUT2D eigenvalue weighted by molar-refractivity contribution is -0.116. The van der Waals surface area contributed by atoms with E-state index in [1.807, 2.05) is 47.2 Å². The maximum absolute atomic E-state index is 11.8. The highest BCUT2D eigenvalue weighted by molar-refractivity contribution is 5.91. The number of nitrogens with one attached hydrogen (secondary N) is 1. The molecule has 0 radical (unpaired) electrons. The molecule has 0 saturated carbocycles. The molecule has 3 aromatic rings. The first-order valence-corrected chi connectivity index (χ1v) is 7.24. The van der Waals surface area contributed by atoms with Crippen LogP contribution in [0.5, 0.6) is 0 Å². The van der Waals surface area contributed by atoms with Crippen LogP contribution >= 0.6 is 0 Å². The summed E-state index contributed by atoms with van der Waals surface area (Å²) < 4.78 is 1.93. The zero-order valence-electron chi connectivity index (χ0n) is 12.5. The van der Waals surface area contributed by atoms with Crippen LogP contribution in [0.4, 0.5) is 0 Å². The molecule has 114 valence electrons. The number of nitrogens with zero attached hydrogens (tertiary/aromatic N) is 3. The fraction of sp³-hybridized carbons (Fsp3) is 0.0556. The Kier molecular flexibility index (Phi) is 4.59. The van der Waals surface area contributed by atoms with Crippen molar-refractivity contribution < 1.29 is 4.79 Å². The Hall–Kier alpha value is -3.21. The maximum Gasteiger partial charge on any atom is 0.244 e. The van der Waals surface area contributed by atoms with Crippen LogP contribution in [-0.4, -0.2) is 20.4 Å². The molecule has 0 spiro atoms. The van der Waals surface area contributed by atoms with Gasteiger partial charge >= 0.3 is 0 Å². The fourth-order valence-electron chi connectivity index (χ4n) is 2.09. The average Bonchev–Trinajstić information content (AvgIpc) is 3.14. The van der Waals surface area contributed by atoms with Gasteiger partial charge in [0.25, 0.3) is 0 Å². The van der Waals surface area contributed by atoms with Gasteiger partial charge in [-0.3, -0.25) is 9.78 Å². The summed E-state index contributed by atoms with van der Waals surface area (Å²) >= 11 is 0. The van der Waals surface area contributed by atoms with Crippen molar-refractivity contribution in [3.05, 3.63) is 84.7 Å². The minimum atomic E-state index is -0.125. The SMILES string of the molecule is O=C(C=Cc1ccncc1)NCc1ccc(-n2ccnc2)cc1. The van der Waals surface area contributed by atoms with Gasteiger partial charge in [0.15, 0.2) is 0 Å². The molecular formula is C18H16N4O. The fourth-order valence-corrected chi connectivity index (χ4v) is 2.09. The molecule has 3 rings (SSSR count). The molecule has 0 aliphatic carbocycles. The molecule has 0 unspecified atom stereocenters. The molecule has 2 heterocycles. The lowest BCUT2D eigenvalue weighted by Gasteiger charge is -2.05. The Morgan fingerprint density at radius 2 is 1.83 bits per heavy atom. The molecule has 1 amide bonds. The highest BCUT2D eigenvalue weighted by Crippen LogP contribution is 2.09. The Labute approximate surface area is 134 Å². The predicted octanol–water partition coefficient (Wildman–Crippen LogP) is 2.60. The van der Waals surface area contributed by atoms with Crippen LogP contribution in [0.15, 0.2) is 73.6 Å². The number of rotatable bonds is 5. The van der Waals surface area contributed by atoms with E-state index >= 15 is 0 Å². The van der Waals surface area contributed by atoms with Crippen molar-refractivity contribution in [3.8, 4) is 5.69 Å². The van der Waals surface area contributed by atoms with E-state index in [-0.39, 0.29) is 5.91 Å². The highest BCUT2D eigenvalue weighted by Gasteiger charge is 1.99. The summed E-state index contributed by atoms with van der Waals surface area (Å²) in [5.74, 6) is -0.125. The van der Waals surface area contributed by atoms with Crippen molar-refractivity contribution in [3.63, 3.8) is 0 Å². The lowest BCUT2D eigenvalue weighted by Crippen LogP contribution is -2.20. The van der Waals surface area contributed by atoms with E-state index in [2.05, 4.69) is 15.3 Å².